The maximum absolute atomic E-state index is 8.93. The van der Waals surface area contributed by atoms with E-state index in [0.29, 0.717) is 0 Å². The van der Waals surface area contributed by atoms with E-state index in [2.05, 4.69) is 6.58 Å². The Kier molecular flexibility index (Phi) is 2.91. The van der Waals surface area contributed by atoms with Gasteiger partial charge in [0.15, 0.2) is 0 Å². The standard InChI is InChI=1S/C10H18O2/c1-4-10(3)6-5-9(12-10)8(2)7-11/h4,8-9,11H,1,5-7H2,2-3H3/t8?,9-,10+/m0/s1. The molecule has 1 saturated heterocycles. The highest BCUT2D eigenvalue weighted by atomic mass is 16.5. The predicted molar refractivity (Wildman–Crippen MR) is 49.0 cm³/mol. The van der Waals surface area contributed by atoms with Gasteiger partial charge in [-0.05, 0) is 19.8 Å². The smallest absolute Gasteiger partial charge is 0.0836 e. The Bertz CT molecular complexity index is 167. The second-order valence-electron chi connectivity index (χ2n) is 3.87. The second kappa shape index (κ2) is 3.58. The normalized spacial score (nSPS) is 38.1. The summed E-state index contributed by atoms with van der Waals surface area (Å²) in [6.45, 7) is 8.01. The summed E-state index contributed by atoms with van der Waals surface area (Å²) in [5.41, 5.74) is -0.159. The monoisotopic (exact) mass is 170 g/mol. The third-order valence-electron chi connectivity index (χ3n) is 2.70. The van der Waals surface area contributed by atoms with Crippen LogP contribution in [0.3, 0.4) is 0 Å². The lowest BCUT2D eigenvalue weighted by Crippen LogP contribution is -2.26. The lowest BCUT2D eigenvalue weighted by atomic mass is 9.99. The van der Waals surface area contributed by atoms with E-state index in [1.54, 1.807) is 0 Å². The molecule has 70 valence electrons. The Morgan fingerprint density at radius 3 is 2.92 bits per heavy atom. The third kappa shape index (κ3) is 1.87. The molecule has 0 spiro atoms. The number of aliphatic hydroxyl groups excluding tert-OH is 1. The molecule has 0 aromatic carbocycles. The summed E-state index contributed by atoms with van der Waals surface area (Å²) in [7, 11) is 0. The van der Waals surface area contributed by atoms with Gasteiger partial charge >= 0.3 is 0 Å². The molecule has 3 atom stereocenters. The highest BCUT2D eigenvalue weighted by molar-refractivity contribution is 4.99. The molecular formula is C10H18O2. The first-order valence-electron chi connectivity index (χ1n) is 4.53. The van der Waals surface area contributed by atoms with Crippen molar-refractivity contribution in [2.24, 2.45) is 5.92 Å². The van der Waals surface area contributed by atoms with Crippen LogP contribution in [0.1, 0.15) is 26.7 Å². The van der Waals surface area contributed by atoms with E-state index in [-0.39, 0.29) is 24.2 Å². The molecule has 1 fully saturated rings. The van der Waals surface area contributed by atoms with Crippen LogP contribution in [0, 0.1) is 5.92 Å². The van der Waals surface area contributed by atoms with E-state index in [4.69, 9.17) is 9.84 Å². The predicted octanol–water partition coefficient (Wildman–Crippen LogP) is 1.74. The summed E-state index contributed by atoms with van der Waals surface area (Å²) < 4.78 is 5.77. The third-order valence-corrected chi connectivity index (χ3v) is 2.70. The molecule has 1 unspecified atom stereocenters. The van der Waals surface area contributed by atoms with Gasteiger partial charge in [0.1, 0.15) is 0 Å². The van der Waals surface area contributed by atoms with Crippen LogP contribution in [0.25, 0.3) is 0 Å². The van der Waals surface area contributed by atoms with Crippen molar-refractivity contribution in [3.8, 4) is 0 Å². The summed E-state index contributed by atoms with van der Waals surface area (Å²) in [5, 5.41) is 8.93. The molecule has 1 heterocycles. The van der Waals surface area contributed by atoms with Crippen LogP contribution in [0.2, 0.25) is 0 Å². The van der Waals surface area contributed by atoms with Crippen molar-refractivity contribution in [3.05, 3.63) is 12.7 Å². The van der Waals surface area contributed by atoms with Gasteiger partial charge in [0.05, 0.1) is 11.7 Å². The van der Waals surface area contributed by atoms with Gasteiger partial charge in [-0.25, -0.2) is 0 Å². The number of aliphatic hydroxyl groups is 1. The van der Waals surface area contributed by atoms with Crippen LogP contribution in [-0.2, 0) is 4.74 Å². The lowest BCUT2D eigenvalue weighted by molar-refractivity contribution is -0.0305. The van der Waals surface area contributed by atoms with E-state index >= 15 is 0 Å². The van der Waals surface area contributed by atoms with Crippen LogP contribution < -0.4 is 0 Å². The summed E-state index contributed by atoms with van der Waals surface area (Å²) in [5.74, 6) is 0.242. The van der Waals surface area contributed by atoms with Crippen molar-refractivity contribution in [1.82, 2.24) is 0 Å². The molecule has 0 aliphatic carbocycles. The van der Waals surface area contributed by atoms with Crippen molar-refractivity contribution in [1.29, 1.82) is 0 Å². The maximum Gasteiger partial charge on any atom is 0.0836 e. The van der Waals surface area contributed by atoms with Gasteiger partial charge in [-0.2, -0.15) is 0 Å². The van der Waals surface area contributed by atoms with E-state index in [9.17, 15) is 0 Å². The summed E-state index contributed by atoms with van der Waals surface area (Å²) in [6, 6.07) is 0. The van der Waals surface area contributed by atoms with Crippen LogP contribution in [-0.4, -0.2) is 23.4 Å². The minimum Gasteiger partial charge on any atom is -0.396 e. The molecule has 12 heavy (non-hydrogen) atoms. The van der Waals surface area contributed by atoms with Gasteiger partial charge in [0, 0.05) is 12.5 Å². The molecule has 0 radical (unpaired) electrons. The Morgan fingerprint density at radius 2 is 2.50 bits per heavy atom. The minimum absolute atomic E-state index is 0.159. The largest absolute Gasteiger partial charge is 0.396 e. The molecular weight excluding hydrogens is 152 g/mol. The van der Waals surface area contributed by atoms with Gasteiger partial charge in [0.25, 0.3) is 0 Å². The Morgan fingerprint density at radius 1 is 1.83 bits per heavy atom. The first-order chi connectivity index (χ1) is 5.61. The van der Waals surface area contributed by atoms with E-state index in [1.165, 1.54) is 0 Å². The van der Waals surface area contributed by atoms with E-state index in [0.717, 1.165) is 12.8 Å². The zero-order valence-corrected chi connectivity index (χ0v) is 7.92. The Labute approximate surface area is 74.2 Å². The quantitative estimate of drug-likeness (QED) is 0.654. The molecule has 0 saturated carbocycles. The van der Waals surface area contributed by atoms with Gasteiger partial charge < -0.3 is 9.84 Å². The summed E-state index contributed by atoms with van der Waals surface area (Å²) in [4.78, 5) is 0. The van der Waals surface area contributed by atoms with Crippen molar-refractivity contribution in [3.63, 3.8) is 0 Å². The number of hydrogen-bond donors (Lipinski definition) is 1. The van der Waals surface area contributed by atoms with Crippen molar-refractivity contribution in [2.75, 3.05) is 6.61 Å². The molecule has 1 aliphatic rings. The maximum atomic E-state index is 8.93. The van der Waals surface area contributed by atoms with Crippen LogP contribution >= 0.6 is 0 Å². The lowest BCUT2D eigenvalue weighted by Gasteiger charge is -2.23. The molecule has 0 aromatic rings. The molecule has 2 heteroatoms. The van der Waals surface area contributed by atoms with Gasteiger partial charge in [-0.3, -0.25) is 0 Å². The number of rotatable bonds is 3. The second-order valence-corrected chi connectivity index (χ2v) is 3.87. The van der Waals surface area contributed by atoms with Gasteiger partial charge in [0.2, 0.25) is 0 Å². The van der Waals surface area contributed by atoms with Crippen molar-refractivity contribution in [2.45, 2.75) is 38.4 Å². The van der Waals surface area contributed by atoms with E-state index < -0.39 is 0 Å². The average molecular weight is 170 g/mol. The molecule has 0 amide bonds. The van der Waals surface area contributed by atoms with Crippen LogP contribution in [0.15, 0.2) is 12.7 Å². The molecule has 2 nitrogen and oxygen atoms in total. The Hall–Kier alpha value is -0.340. The topological polar surface area (TPSA) is 29.5 Å². The van der Waals surface area contributed by atoms with Gasteiger partial charge in [-0.15, -0.1) is 6.58 Å². The molecule has 0 bridgehead atoms. The first-order valence-corrected chi connectivity index (χ1v) is 4.53. The summed E-state index contributed by atoms with van der Waals surface area (Å²) in [6.07, 6.45) is 4.12. The zero-order chi connectivity index (χ0) is 9.19. The fourth-order valence-corrected chi connectivity index (χ4v) is 1.56. The Balaban J connectivity index is 2.50. The first kappa shape index (κ1) is 9.75. The number of ether oxygens (including phenoxy) is 1. The van der Waals surface area contributed by atoms with Crippen molar-refractivity contribution >= 4 is 0 Å². The molecule has 1 N–H and O–H groups in total. The minimum atomic E-state index is -0.159. The van der Waals surface area contributed by atoms with Crippen LogP contribution in [0.4, 0.5) is 0 Å². The fraction of sp³-hybridized carbons (Fsp3) is 0.800. The molecule has 1 rings (SSSR count). The van der Waals surface area contributed by atoms with Crippen LogP contribution in [0.5, 0.6) is 0 Å². The molecule has 0 aromatic heterocycles. The average Bonchev–Trinajstić information content (AvgIpc) is 2.48. The highest BCUT2D eigenvalue weighted by Gasteiger charge is 2.35. The van der Waals surface area contributed by atoms with Crippen molar-refractivity contribution < 1.29 is 9.84 Å². The van der Waals surface area contributed by atoms with Gasteiger partial charge in [-0.1, -0.05) is 13.0 Å². The highest BCUT2D eigenvalue weighted by Crippen LogP contribution is 2.33. The SMILES string of the molecule is C=C[C@]1(C)CC[C@@H](C(C)CO)O1. The summed E-state index contributed by atoms with van der Waals surface area (Å²) >= 11 is 0. The molecule has 1 aliphatic heterocycles. The fourth-order valence-electron chi connectivity index (χ4n) is 1.56. The zero-order valence-electron chi connectivity index (χ0n) is 7.92. The number of hydrogen-bond acceptors (Lipinski definition) is 2. The van der Waals surface area contributed by atoms with E-state index in [1.807, 2.05) is 19.9 Å².